The number of hydrogen-bond acceptors (Lipinski definition) is 3. The Labute approximate surface area is 141 Å². The molecule has 0 N–H and O–H groups in total. The van der Waals surface area contributed by atoms with Gasteiger partial charge in [-0.15, -0.1) is 0 Å². The average Bonchev–Trinajstić information content (AvgIpc) is 2.61. The monoisotopic (exact) mass is 316 g/mol. The maximum absolute atomic E-state index is 12.4. The van der Waals surface area contributed by atoms with E-state index in [2.05, 4.69) is 0 Å². The van der Waals surface area contributed by atoms with Crippen LogP contribution in [0.3, 0.4) is 0 Å². The smallest absolute Gasteiger partial charge is 0.185 e. The molecule has 3 aromatic rings. The molecule has 24 heavy (non-hydrogen) atoms. The zero-order valence-electron chi connectivity index (χ0n) is 13.7. The van der Waals surface area contributed by atoms with Crippen LogP contribution in [-0.4, -0.2) is 19.9 Å². The van der Waals surface area contributed by atoms with Crippen LogP contribution in [0.4, 0.5) is 5.69 Å². The SMILES string of the molecule is CN(C)c1ccc(C(=O)/C=C(\[O-])c2ccc3ccccc3c2)cc1. The normalized spacial score (nSPS) is 11.5. The summed E-state index contributed by atoms with van der Waals surface area (Å²) in [6.45, 7) is 0. The molecule has 120 valence electrons. The highest BCUT2D eigenvalue weighted by molar-refractivity contribution is 6.08. The van der Waals surface area contributed by atoms with E-state index in [0.717, 1.165) is 22.5 Å². The third kappa shape index (κ3) is 3.30. The van der Waals surface area contributed by atoms with Gasteiger partial charge < -0.3 is 10.0 Å². The quantitative estimate of drug-likeness (QED) is 0.420. The number of hydrogen-bond donors (Lipinski definition) is 0. The topological polar surface area (TPSA) is 43.4 Å². The summed E-state index contributed by atoms with van der Waals surface area (Å²) in [6.07, 6.45) is 1.16. The van der Waals surface area contributed by atoms with Gasteiger partial charge in [0.2, 0.25) is 0 Å². The third-order valence-electron chi connectivity index (χ3n) is 3.96. The second-order valence-electron chi connectivity index (χ2n) is 5.88. The molecule has 0 aliphatic carbocycles. The molecule has 0 fully saturated rings. The lowest BCUT2D eigenvalue weighted by Gasteiger charge is -2.14. The molecule has 0 saturated heterocycles. The minimum absolute atomic E-state index is 0.276. The Morgan fingerprint density at radius 2 is 1.50 bits per heavy atom. The predicted octanol–water partition coefficient (Wildman–Crippen LogP) is 3.49. The van der Waals surface area contributed by atoms with Crippen molar-refractivity contribution in [1.29, 1.82) is 0 Å². The van der Waals surface area contributed by atoms with Crippen LogP contribution in [-0.2, 0) is 0 Å². The standard InChI is InChI=1S/C21H19NO2/c1-22(2)19-11-9-16(10-12-19)20(23)14-21(24)18-8-7-15-5-3-4-6-17(15)13-18/h3-14,24H,1-2H3/p-1/b21-14-. The fourth-order valence-electron chi connectivity index (χ4n) is 2.55. The molecule has 0 saturated carbocycles. The molecule has 0 aliphatic rings. The summed E-state index contributed by atoms with van der Waals surface area (Å²) in [4.78, 5) is 14.2. The molecular weight excluding hydrogens is 298 g/mol. The first-order valence-electron chi connectivity index (χ1n) is 7.74. The van der Waals surface area contributed by atoms with Crippen molar-refractivity contribution in [3.8, 4) is 0 Å². The van der Waals surface area contributed by atoms with Gasteiger partial charge in [0, 0.05) is 25.3 Å². The Morgan fingerprint density at radius 1 is 0.875 bits per heavy atom. The minimum Gasteiger partial charge on any atom is -0.872 e. The van der Waals surface area contributed by atoms with Gasteiger partial charge in [-0.1, -0.05) is 42.2 Å². The van der Waals surface area contributed by atoms with Crippen LogP contribution in [0.2, 0.25) is 0 Å². The second kappa shape index (κ2) is 6.59. The summed E-state index contributed by atoms with van der Waals surface area (Å²) >= 11 is 0. The van der Waals surface area contributed by atoms with Crippen molar-refractivity contribution < 1.29 is 9.90 Å². The van der Waals surface area contributed by atoms with Crippen LogP contribution in [0.1, 0.15) is 15.9 Å². The highest BCUT2D eigenvalue weighted by Gasteiger charge is 2.04. The summed E-state index contributed by atoms with van der Waals surface area (Å²) < 4.78 is 0. The molecule has 0 spiro atoms. The Kier molecular flexibility index (Phi) is 4.34. The Morgan fingerprint density at radius 3 is 2.17 bits per heavy atom. The van der Waals surface area contributed by atoms with E-state index in [9.17, 15) is 9.90 Å². The summed E-state index contributed by atoms with van der Waals surface area (Å²) in [5, 5.41) is 14.4. The van der Waals surface area contributed by atoms with Gasteiger partial charge in [-0.3, -0.25) is 4.79 Å². The van der Waals surface area contributed by atoms with Crippen molar-refractivity contribution in [2.24, 2.45) is 0 Å². The lowest BCUT2D eigenvalue weighted by atomic mass is 10.0. The number of carbonyl (C=O) groups is 1. The van der Waals surface area contributed by atoms with E-state index < -0.39 is 0 Å². The van der Waals surface area contributed by atoms with Crippen LogP contribution < -0.4 is 10.0 Å². The number of nitrogens with zero attached hydrogens (tertiary/aromatic N) is 1. The molecule has 0 radical (unpaired) electrons. The van der Waals surface area contributed by atoms with Gasteiger partial charge in [-0.05, 0) is 52.7 Å². The maximum Gasteiger partial charge on any atom is 0.185 e. The van der Waals surface area contributed by atoms with E-state index in [4.69, 9.17) is 0 Å². The van der Waals surface area contributed by atoms with E-state index in [-0.39, 0.29) is 11.5 Å². The number of allylic oxidation sites excluding steroid dienone is 1. The number of rotatable bonds is 4. The lowest BCUT2D eigenvalue weighted by molar-refractivity contribution is -0.243. The van der Waals surface area contributed by atoms with Crippen LogP contribution in [0, 0.1) is 0 Å². The molecule has 0 unspecified atom stereocenters. The zero-order valence-corrected chi connectivity index (χ0v) is 13.7. The van der Waals surface area contributed by atoms with E-state index in [1.165, 1.54) is 0 Å². The predicted molar refractivity (Wildman–Crippen MR) is 97.0 cm³/mol. The molecule has 3 aromatic carbocycles. The van der Waals surface area contributed by atoms with E-state index in [1.807, 2.05) is 67.5 Å². The Balaban J connectivity index is 1.86. The third-order valence-corrected chi connectivity index (χ3v) is 3.96. The van der Waals surface area contributed by atoms with Crippen molar-refractivity contribution in [3.63, 3.8) is 0 Å². The summed E-state index contributed by atoms with van der Waals surface area (Å²) in [5.74, 6) is -0.555. The van der Waals surface area contributed by atoms with Crippen LogP contribution in [0.25, 0.3) is 16.5 Å². The van der Waals surface area contributed by atoms with Crippen molar-refractivity contribution in [3.05, 3.63) is 83.9 Å². The molecule has 3 rings (SSSR count). The van der Waals surface area contributed by atoms with Crippen LogP contribution in [0.15, 0.2) is 72.8 Å². The van der Waals surface area contributed by atoms with Crippen LogP contribution >= 0.6 is 0 Å². The van der Waals surface area contributed by atoms with Crippen molar-refractivity contribution in [1.82, 2.24) is 0 Å². The Bertz CT molecular complexity index is 909. The van der Waals surface area contributed by atoms with Gasteiger partial charge in [-0.2, -0.15) is 0 Å². The van der Waals surface area contributed by atoms with Crippen molar-refractivity contribution in [2.75, 3.05) is 19.0 Å². The summed E-state index contributed by atoms with van der Waals surface area (Å²) in [6, 6.07) is 20.5. The highest BCUT2D eigenvalue weighted by atomic mass is 16.3. The fraction of sp³-hybridized carbons (Fsp3) is 0.0952. The Hall–Kier alpha value is -3.07. The lowest BCUT2D eigenvalue weighted by Crippen LogP contribution is -2.09. The highest BCUT2D eigenvalue weighted by Crippen LogP contribution is 2.19. The zero-order chi connectivity index (χ0) is 17.1. The average molecular weight is 316 g/mol. The molecule has 3 nitrogen and oxygen atoms in total. The molecule has 0 heterocycles. The van der Waals surface area contributed by atoms with Crippen molar-refractivity contribution >= 4 is 28.0 Å². The molecule has 3 heteroatoms. The molecule has 0 aromatic heterocycles. The van der Waals surface area contributed by atoms with Crippen molar-refractivity contribution in [2.45, 2.75) is 0 Å². The number of fused-ring (bicyclic) bond motifs is 1. The number of carbonyl (C=O) groups excluding carboxylic acids is 1. The van der Waals surface area contributed by atoms with E-state index in [1.54, 1.807) is 18.2 Å². The van der Waals surface area contributed by atoms with Gasteiger partial charge in [0.05, 0.1) is 0 Å². The number of anilines is 1. The first kappa shape index (κ1) is 15.8. The first-order valence-corrected chi connectivity index (χ1v) is 7.74. The molecule has 0 amide bonds. The molecule has 0 aliphatic heterocycles. The van der Waals surface area contributed by atoms with Crippen LogP contribution in [0.5, 0.6) is 0 Å². The summed E-state index contributed by atoms with van der Waals surface area (Å²) in [5.41, 5.74) is 2.04. The van der Waals surface area contributed by atoms with E-state index >= 15 is 0 Å². The van der Waals surface area contributed by atoms with Gasteiger partial charge in [0.15, 0.2) is 5.78 Å². The van der Waals surface area contributed by atoms with E-state index in [0.29, 0.717) is 11.1 Å². The van der Waals surface area contributed by atoms with Gasteiger partial charge in [0.25, 0.3) is 0 Å². The number of benzene rings is 3. The number of ketones is 1. The minimum atomic E-state index is -0.279. The maximum atomic E-state index is 12.4. The van der Waals surface area contributed by atoms with Gasteiger partial charge in [-0.25, -0.2) is 0 Å². The second-order valence-corrected chi connectivity index (χ2v) is 5.88. The fourth-order valence-corrected chi connectivity index (χ4v) is 2.55. The largest absolute Gasteiger partial charge is 0.872 e. The molecular formula is C21H18NO2-. The molecule has 0 bridgehead atoms. The van der Waals surface area contributed by atoms with Gasteiger partial charge in [0.1, 0.15) is 0 Å². The summed E-state index contributed by atoms with van der Waals surface area (Å²) in [7, 11) is 3.87. The van der Waals surface area contributed by atoms with Gasteiger partial charge >= 0.3 is 0 Å². The molecule has 0 atom stereocenters. The first-order chi connectivity index (χ1) is 11.5.